The van der Waals surface area contributed by atoms with Crippen molar-refractivity contribution in [3.63, 3.8) is 0 Å². The zero-order valence-electron chi connectivity index (χ0n) is 16.7. The fourth-order valence-corrected chi connectivity index (χ4v) is 4.31. The summed E-state index contributed by atoms with van der Waals surface area (Å²) >= 11 is 30.6. The van der Waals surface area contributed by atoms with Crippen LogP contribution in [0.1, 0.15) is 77.0 Å². The van der Waals surface area contributed by atoms with Crippen LogP contribution in [0, 0.1) is 0 Å². The summed E-state index contributed by atoms with van der Waals surface area (Å²) in [7, 11) is 0. The Kier molecular flexibility index (Phi) is 20.1. The van der Waals surface area contributed by atoms with Crippen LogP contribution >= 0.6 is 58.0 Å². The van der Waals surface area contributed by atoms with Crippen molar-refractivity contribution in [1.29, 1.82) is 0 Å². The van der Waals surface area contributed by atoms with Crippen molar-refractivity contribution in [2.45, 2.75) is 98.6 Å². The van der Waals surface area contributed by atoms with Gasteiger partial charge in [-0.2, -0.15) is 0 Å². The van der Waals surface area contributed by atoms with Crippen LogP contribution in [-0.2, 0) is 9.53 Å². The van der Waals surface area contributed by atoms with Crippen molar-refractivity contribution in [1.82, 2.24) is 0 Å². The van der Waals surface area contributed by atoms with E-state index in [2.05, 4.69) is 6.58 Å². The topological polar surface area (TPSA) is 26.3 Å². The number of ether oxygens (including phenoxy) is 1. The lowest BCUT2D eigenvalue weighted by atomic mass is 10.0. The van der Waals surface area contributed by atoms with Crippen molar-refractivity contribution in [2.75, 3.05) is 12.5 Å². The smallest absolute Gasteiger partial charge is 0.325 e. The summed E-state index contributed by atoms with van der Waals surface area (Å²) < 4.78 is 4.90. The van der Waals surface area contributed by atoms with Gasteiger partial charge >= 0.3 is 5.97 Å². The van der Waals surface area contributed by atoms with Gasteiger partial charge in [0.2, 0.25) is 0 Å². The molecular weight excluding hydrogens is 461 g/mol. The Morgan fingerprint density at radius 1 is 0.786 bits per heavy atom. The summed E-state index contributed by atoms with van der Waals surface area (Å²) in [4.78, 5) is 11.7. The first kappa shape index (κ1) is 28.7. The second-order valence-corrected chi connectivity index (χ2v) is 9.51. The number of rotatable bonds is 19. The van der Waals surface area contributed by atoms with Crippen LogP contribution in [-0.4, -0.2) is 40.0 Å². The number of halogens is 5. The number of esters is 1. The second kappa shape index (κ2) is 19.6. The van der Waals surface area contributed by atoms with Gasteiger partial charge in [-0.3, -0.25) is 4.79 Å². The third kappa shape index (κ3) is 14.6. The molecule has 0 heterocycles. The quantitative estimate of drug-likeness (QED) is 0.0782. The highest BCUT2D eigenvalue weighted by atomic mass is 35.5. The lowest BCUT2D eigenvalue weighted by Crippen LogP contribution is -2.37. The average Bonchev–Trinajstić information content (AvgIpc) is 2.70. The number of carbonyl (C=O) groups excluding carboxylic acids is 1. The highest BCUT2D eigenvalue weighted by Crippen LogP contribution is 2.28. The number of hydrogen-bond acceptors (Lipinski definition) is 2. The average molecular weight is 497 g/mol. The molecule has 0 amide bonds. The van der Waals surface area contributed by atoms with E-state index < -0.39 is 22.1 Å². The molecule has 0 rings (SSSR count). The molecular formula is C21H35Cl5O2. The molecule has 0 aliphatic carbocycles. The van der Waals surface area contributed by atoms with Crippen molar-refractivity contribution in [2.24, 2.45) is 0 Å². The molecule has 4 unspecified atom stereocenters. The van der Waals surface area contributed by atoms with Crippen LogP contribution in [0.4, 0.5) is 0 Å². The molecule has 0 N–H and O–H groups in total. The number of unbranched alkanes of at least 4 members (excludes halogenated alkanes) is 10. The second-order valence-electron chi connectivity index (χ2n) is 7.09. The van der Waals surface area contributed by atoms with E-state index in [-0.39, 0.29) is 12.0 Å². The minimum absolute atomic E-state index is 0.0942. The first-order valence-electron chi connectivity index (χ1n) is 10.4. The highest BCUT2D eigenvalue weighted by Gasteiger charge is 2.35. The van der Waals surface area contributed by atoms with E-state index in [0.29, 0.717) is 0 Å². The minimum atomic E-state index is -1.03. The standard InChI is InChI=1S/C21H35Cl5O2/c1-2-16-28-21(27)20(26)19(25)18(24)17(23)14-12-10-8-6-4-3-5-7-9-11-13-15-22/h2,17-20H,1,3-16H2. The van der Waals surface area contributed by atoms with Gasteiger partial charge in [-0.25, -0.2) is 0 Å². The minimum Gasteiger partial charge on any atom is -0.460 e. The Balaban J connectivity index is 3.72. The van der Waals surface area contributed by atoms with E-state index in [1.54, 1.807) is 0 Å². The SMILES string of the molecule is C=CCOC(=O)C(Cl)C(Cl)C(Cl)C(Cl)CCCCCCCCCCCCCCl. The molecule has 0 aromatic rings. The molecule has 0 aliphatic rings. The zero-order valence-corrected chi connectivity index (χ0v) is 20.5. The van der Waals surface area contributed by atoms with E-state index in [0.717, 1.165) is 31.6 Å². The van der Waals surface area contributed by atoms with Crippen LogP contribution in [0.15, 0.2) is 12.7 Å². The van der Waals surface area contributed by atoms with E-state index in [1.165, 1.54) is 57.4 Å². The van der Waals surface area contributed by atoms with Crippen molar-refractivity contribution >= 4 is 64.0 Å². The van der Waals surface area contributed by atoms with E-state index in [4.69, 9.17) is 62.7 Å². The van der Waals surface area contributed by atoms with Gasteiger partial charge in [-0.15, -0.1) is 58.0 Å². The molecule has 166 valence electrons. The molecule has 0 aromatic carbocycles. The third-order valence-electron chi connectivity index (χ3n) is 4.61. The Morgan fingerprint density at radius 2 is 1.25 bits per heavy atom. The summed E-state index contributed by atoms with van der Waals surface area (Å²) in [6.07, 6.45) is 15.8. The van der Waals surface area contributed by atoms with Crippen LogP contribution in [0.25, 0.3) is 0 Å². The maximum absolute atomic E-state index is 11.7. The molecule has 28 heavy (non-hydrogen) atoms. The number of carbonyl (C=O) groups is 1. The first-order valence-corrected chi connectivity index (χ1v) is 12.6. The highest BCUT2D eigenvalue weighted by molar-refractivity contribution is 6.41. The van der Waals surface area contributed by atoms with E-state index >= 15 is 0 Å². The Bertz CT molecular complexity index is 395. The molecule has 0 aromatic heterocycles. The predicted molar refractivity (Wildman–Crippen MR) is 126 cm³/mol. The van der Waals surface area contributed by atoms with Crippen LogP contribution in [0.3, 0.4) is 0 Å². The Morgan fingerprint density at radius 3 is 1.71 bits per heavy atom. The summed E-state index contributed by atoms with van der Waals surface area (Å²) in [5.41, 5.74) is 0. The van der Waals surface area contributed by atoms with Crippen LogP contribution in [0.5, 0.6) is 0 Å². The lowest BCUT2D eigenvalue weighted by molar-refractivity contribution is -0.141. The Hall–Kier alpha value is 0.660. The summed E-state index contributed by atoms with van der Waals surface area (Å²) in [5, 5.41) is -2.74. The fraction of sp³-hybridized carbons (Fsp3) is 0.857. The van der Waals surface area contributed by atoms with E-state index in [9.17, 15) is 4.79 Å². The third-order valence-corrected chi connectivity index (χ3v) is 7.30. The van der Waals surface area contributed by atoms with Gasteiger partial charge in [0.05, 0.1) is 16.1 Å². The van der Waals surface area contributed by atoms with Gasteiger partial charge in [0.15, 0.2) is 0 Å². The summed E-state index contributed by atoms with van der Waals surface area (Å²) in [6, 6.07) is 0. The number of alkyl halides is 5. The molecule has 4 atom stereocenters. The summed E-state index contributed by atoms with van der Waals surface area (Å²) in [5.74, 6) is 0.184. The van der Waals surface area contributed by atoms with Gasteiger partial charge < -0.3 is 4.74 Å². The van der Waals surface area contributed by atoms with Crippen molar-refractivity contribution in [3.8, 4) is 0 Å². The van der Waals surface area contributed by atoms with Crippen molar-refractivity contribution < 1.29 is 9.53 Å². The molecule has 7 heteroatoms. The monoisotopic (exact) mass is 494 g/mol. The largest absolute Gasteiger partial charge is 0.460 e. The van der Waals surface area contributed by atoms with Gasteiger partial charge in [0, 0.05) is 5.88 Å². The fourth-order valence-electron chi connectivity index (χ4n) is 2.90. The van der Waals surface area contributed by atoms with E-state index in [1.807, 2.05) is 0 Å². The molecule has 0 radical (unpaired) electrons. The van der Waals surface area contributed by atoms with Gasteiger partial charge in [-0.05, 0) is 12.8 Å². The molecule has 0 saturated heterocycles. The first-order chi connectivity index (χ1) is 13.5. The number of hydrogen-bond donors (Lipinski definition) is 0. The molecule has 0 fully saturated rings. The predicted octanol–water partition coefficient (Wildman–Crippen LogP) is 8.07. The zero-order chi connectivity index (χ0) is 21.2. The molecule has 2 nitrogen and oxygen atoms in total. The van der Waals surface area contributed by atoms with Crippen molar-refractivity contribution in [3.05, 3.63) is 12.7 Å². The maximum Gasteiger partial charge on any atom is 0.325 e. The normalized spacial score (nSPS) is 15.6. The Labute approximate surface area is 196 Å². The molecule has 0 saturated carbocycles. The molecule has 0 spiro atoms. The van der Waals surface area contributed by atoms with Crippen LogP contribution < -0.4 is 0 Å². The lowest BCUT2D eigenvalue weighted by Gasteiger charge is -2.23. The summed E-state index contributed by atoms with van der Waals surface area (Å²) in [6.45, 7) is 3.57. The van der Waals surface area contributed by atoms with Gasteiger partial charge in [0.25, 0.3) is 0 Å². The molecule has 0 aliphatic heterocycles. The molecule has 0 bridgehead atoms. The van der Waals surface area contributed by atoms with Crippen LogP contribution in [0.2, 0.25) is 0 Å². The van der Waals surface area contributed by atoms with Gasteiger partial charge in [-0.1, -0.05) is 76.9 Å². The maximum atomic E-state index is 11.7. The van der Waals surface area contributed by atoms with Gasteiger partial charge in [0.1, 0.15) is 12.0 Å².